The van der Waals surface area contributed by atoms with E-state index in [0.717, 1.165) is 0 Å². The number of fused-ring (bicyclic) bond motifs is 1. The van der Waals surface area contributed by atoms with E-state index in [9.17, 15) is 31.1 Å². The highest BCUT2D eigenvalue weighted by Crippen LogP contribution is 2.37. The van der Waals surface area contributed by atoms with Crippen LogP contribution in [0, 0.1) is 0 Å². The van der Waals surface area contributed by atoms with Crippen LogP contribution in [-0.4, -0.2) is 16.0 Å². The first-order valence-electron chi connectivity index (χ1n) is 7.59. The molecule has 3 aromatic rings. The van der Waals surface area contributed by atoms with E-state index in [1.807, 2.05) is 0 Å². The lowest BCUT2D eigenvalue weighted by atomic mass is 10.0. The Morgan fingerprint density at radius 2 is 1.75 bits per heavy atom. The fraction of sp³-hybridized carbons (Fsp3) is 0.176. The first-order chi connectivity index (χ1) is 13.0. The number of amides is 1. The average molecular weight is 420 g/mol. The largest absolute Gasteiger partial charge is 0.417 e. The van der Waals surface area contributed by atoms with Crippen molar-refractivity contribution in [2.24, 2.45) is 0 Å². The molecule has 0 unspecified atom stereocenters. The van der Waals surface area contributed by atoms with Gasteiger partial charge in [-0.05, 0) is 36.4 Å². The minimum atomic E-state index is -5.15. The number of aliphatic hydroxyl groups is 1. The zero-order valence-electron chi connectivity index (χ0n) is 13.6. The highest BCUT2D eigenvalue weighted by atomic mass is 32.1. The SMILES string of the molecule is O=C(Nc1ccc2sc(CO)nc2c1)c1ccc(C(F)(F)F)cc1C(F)(F)F. The summed E-state index contributed by atoms with van der Waals surface area (Å²) in [6, 6.07) is 5.18. The van der Waals surface area contributed by atoms with Gasteiger partial charge in [0, 0.05) is 5.69 Å². The van der Waals surface area contributed by atoms with Crippen molar-refractivity contribution in [2.75, 3.05) is 5.32 Å². The number of alkyl halides is 6. The van der Waals surface area contributed by atoms with Gasteiger partial charge in [0.15, 0.2) is 0 Å². The van der Waals surface area contributed by atoms with Gasteiger partial charge in [-0.3, -0.25) is 4.79 Å². The summed E-state index contributed by atoms with van der Waals surface area (Å²) in [4.78, 5) is 16.4. The molecule has 148 valence electrons. The number of nitrogens with one attached hydrogen (secondary N) is 1. The first-order valence-corrected chi connectivity index (χ1v) is 8.41. The molecule has 0 aliphatic rings. The van der Waals surface area contributed by atoms with Gasteiger partial charge in [0.05, 0.1) is 33.5 Å². The van der Waals surface area contributed by atoms with E-state index in [0.29, 0.717) is 27.4 Å². The third-order valence-electron chi connectivity index (χ3n) is 3.72. The summed E-state index contributed by atoms with van der Waals surface area (Å²) in [5.41, 5.74) is -3.60. The molecule has 4 nitrogen and oxygen atoms in total. The summed E-state index contributed by atoms with van der Waals surface area (Å²) in [6.07, 6.45) is -10.1. The quantitative estimate of drug-likeness (QED) is 0.581. The smallest absolute Gasteiger partial charge is 0.389 e. The number of hydrogen-bond donors (Lipinski definition) is 2. The fourth-order valence-electron chi connectivity index (χ4n) is 2.47. The van der Waals surface area contributed by atoms with Gasteiger partial charge in [-0.15, -0.1) is 11.3 Å². The number of benzene rings is 2. The average Bonchev–Trinajstić information content (AvgIpc) is 3.02. The molecule has 1 amide bonds. The summed E-state index contributed by atoms with van der Waals surface area (Å²) in [7, 11) is 0. The van der Waals surface area contributed by atoms with Crippen molar-refractivity contribution in [3.63, 3.8) is 0 Å². The van der Waals surface area contributed by atoms with E-state index < -0.39 is 35.0 Å². The van der Waals surface area contributed by atoms with Crippen LogP contribution in [0.4, 0.5) is 32.0 Å². The second-order valence-electron chi connectivity index (χ2n) is 5.66. The molecule has 0 radical (unpaired) electrons. The van der Waals surface area contributed by atoms with Gasteiger partial charge in [-0.2, -0.15) is 26.3 Å². The third kappa shape index (κ3) is 4.09. The minimum Gasteiger partial charge on any atom is -0.389 e. The van der Waals surface area contributed by atoms with Crippen molar-refractivity contribution in [1.82, 2.24) is 4.98 Å². The van der Waals surface area contributed by atoms with Crippen molar-refractivity contribution in [2.45, 2.75) is 19.0 Å². The number of thiazole rings is 1. The number of carbonyl (C=O) groups is 1. The number of carbonyl (C=O) groups excluding carboxylic acids is 1. The van der Waals surface area contributed by atoms with E-state index in [2.05, 4.69) is 10.3 Å². The fourth-order valence-corrected chi connectivity index (χ4v) is 3.28. The Hall–Kier alpha value is -2.66. The van der Waals surface area contributed by atoms with E-state index in [1.54, 1.807) is 6.07 Å². The highest BCUT2D eigenvalue weighted by molar-refractivity contribution is 7.18. The zero-order chi connectivity index (χ0) is 20.7. The van der Waals surface area contributed by atoms with Crippen LogP contribution in [-0.2, 0) is 19.0 Å². The van der Waals surface area contributed by atoms with E-state index >= 15 is 0 Å². The van der Waals surface area contributed by atoms with Crippen LogP contribution in [0.5, 0.6) is 0 Å². The minimum absolute atomic E-state index is 0.0912. The maximum Gasteiger partial charge on any atom is 0.417 e. The number of halogens is 6. The lowest BCUT2D eigenvalue weighted by molar-refractivity contribution is -0.143. The molecule has 0 bridgehead atoms. The molecule has 2 aromatic carbocycles. The Balaban J connectivity index is 1.95. The number of aromatic nitrogens is 1. The predicted molar refractivity (Wildman–Crippen MR) is 89.9 cm³/mol. The Labute approximate surface area is 157 Å². The van der Waals surface area contributed by atoms with Crippen molar-refractivity contribution in [3.05, 3.63) is 58.1 Å². The lowest BCUT2D eigenvalue weighted by Gasteiger charge is -2.15. The molecule has 28 heavy (non-hydrogen) atoms. The van der Waals surface area contributed by atoms with E-state index in [1.165, 1.54) is 23.5 Å². The van der Waals surface area contributed by atoms with Crippen LogP contribution in [0.2, 0.25) is 0 Å². The molecule has 0 aliphatic heterocycles. The van der Waals surface area contributed by atoms with Crippen molar-refractivity contribution >= 4 is 33.1 Å². The molecule has 0 aliphatic carbocycles. The number of hydrogen-bond acceptors (Lipinski definition) is 4. The number of rotatable bonds is 3. The van der Waals surface area contributed by atoms with Crippen LogP contribution in [0.1, 0.15) is 26.5 Å². The van der Waals surface area contributed by atoms with Gasteiger partial charge < -0.3 is 10.4 Å². The molecule has 3 rings (SSSR count). The number of anilines is 1. The molecule has 2 N–H and O–H groups in total. The molecule has 11 heteroatoms. The maximum atomic E-state index is 13.2. The molecule has 1 heterocycles. The Bertz CT molecular complexity index is 1040. The van der Waals surface area contributed by atoms with Gasteiger partial charge in [-0.1, -0.05) is 0 Å². The van der Waals surface area contributed by atoms with Gasteiger partial charge in [0.25, 0.3) is 5.91 Å². The third-order valence-corrected chi connectivity index (χ3v) is 4.74. The second-order valence-corrected chi connectivity index (χ2v) is 6.77. The summed E-state index contributed by atoms with van der Waals surface area (Å²) in [5, 5.41) is 11.7. The van der Waals surface area contributed by atoms with Gasteiger partial charge in [-0.25, -0.2) is 4.98 Å². The van der Waals surface area contributed by atoms with Crippen molar-refractivity contribution in [3.8, 4) is 0 Å². The standard InChI is InChI=1S/C17H10F6N2O2S/c18-16(19,20)8-1-3-10(11(5-8)17(21,22)23)15(27)24-9-2-4-13-12(6-9)25-14(7-26)28-13/h1-6,26H,7H2,(H,24,27). The van der Waals surface area contributed by atoms with Crippen LogP contribution in [0.15, 0.2) is 36.4 Å². The van der Waals surface area contributed by atoms with Crippen LogP contribution < -0.4 is 5.32 Å². The summed E-state index contributed by atoms with van der Waals surface area (Å²) in [6.45, 7) is -0.290. The molecule has 0 saturated carbocycles. The number of aliphatic hydroxyl groups excluding tert-OH is 1. The molecular formula is C17H10F6N2O2S. The van der Waals surface area contributed by atoms with E-state index in [-0.39, 0.29) is 18.4 Å². The topological polar surface area (TPSA) is 62.2 Å². The van der Waals surface area contributed by atoms with Crippen molar-refractivity contribution in [1.29, 1.82) is 0 Å². The number of nitrogens with zero attached hydrogens (tertiary/aromatic N) is 1. The highest BCUT2D eigenvalue weighted by Gasteiger charge is 2.39. The maximum absolute atomic E-state index is 13.2. The molecule has 0 spiro atoms. The summed E-state index contributed by atoms with van der Waals surface area (Å²) in [5.74, 6) is -1.21. The predicted octanol–water partition coefficient (Wildman–Crippen LogP) is 5.08. The lowest BCUT2D eigenvalue weighted by Crippen LogP contribution is -2.20. The van der Waals surface area contributed by atoms with Gasteiger partial charge in [0.2, 0.25) is 0 Å². The molecule has 1 aromatic heterocycles. The van der Waals surface area contributed by atoms with Crippen LogP contribution >= 0.6 is 11.3 Å². The molecule has 0 fully saturated rings. The Morgan fingerprint density at radius 3 is 2.36 bits per heavy atom. The van der Waals surface area contributed by atoms with Crippen LogP contribution in [0.3, 0.4) is 0 Å². The molecule has 0 atom stereocenters. The first kappa shape index (κ1) is 20.1. The van der Waals surface area contributed by atoms with Gasteiger partial charge in [0.1, 0.15) is 5.01 Å². The second kappa shape index (κ2) is 7.06. The summed E-state index contributed by atoms with van der Waals surface area (Å²) >= 11 is 1.20. The van der Waals surface area contributed by atoms with Crippen molar-refractivity contribution < 1.29 is 36.2 Å². The van der Waals surface area contributed by atoms with E-state index in [4.69, 9.17) is 5.11 Å². The molecular weight excluding hydrogens is 410 g/mol. The Kier molecular flexibility index (Phi) is 5.06. The van der Waals surface area contributed by atoms with Crippen LogP contribution in [0.25, 0.3) is 10.2 Å². The Morgan fingerprint density at radius 1 is 1.04 bits per heavy atom. The zero-order valence-corrected chi connectivity index (χ0v) is 14.5. The normalized spacial score (nSPS) is 12.4. The van der Waals surface area contributed by atoms with Gasteiger partial charge >= 0.3 is 12.4 Å². The summed E-state index contributed by atoms with van der Waals surface area (Å²) < 4.78 is 78.4. The molecule has 0 saturated heterocycles. The monoisotopic (exact) mass is 420 g/mol.